The first-order valence-corrected chi connectivity index (χ1v) is 10.0. The van der Waals surface area contributed by atoms with Crippen LogP contribution in [-0.2, 0) is 27.4 Å². The van der Waals surface area contributed by atoms with Gasteiger partial charge in [-0.2, -0.15) is 0 Å². The quantitative estimate of drug-likeness (QED) is 0.694. The smallest absolute Gasteiger partial charge is 0.410 e. The molecule has 4 rings (SSSR count). The number of benzene rings is 1. The van der Waals surface area contributed by atoms with Crippen LogP contribution >= 0.6 is 0 Å². The molecule has 1 atom stereocenters. The van der Waals surface area contributed by atoms with Crippen LogP contribution in [-0.4, -0.2) is 47.5 Å². The van der Waals surface area contributed by atoms with E-state index in [1.165, 1.54) is 6.92 Å². The molecule has 1 unspecified atom stereocenters. The van der Waals surface area contributed by atoms with Crippen molar-refractivity contribution >= 4 is 12.1 Å². The number of carbonyl (C=O) groups excluding carboxylic acids is 2. The van der Waals surface area contributed by atoms with Crippen LogP contribution in [0.5, 0.6) is 0 Å². The molecule has 2 aromatic rings. The summed E-state index contributed by atoms with van der Waals surface area (Å²) < 4.78 is 16.3. The van der Waals surface area contributed by atoms with Gasteiger partial charge in [0.2, 0.25) is 0 Å². The van der Waals surface area contributed by atoms with Gasteiger partial charge in [-0.05, 0) is 30.5 Å². The average molecular weight is 398 g/mol. The molecule has 0 aliphatic carbocycles. The van der Waals surface area contributed by atoms with Crippen molar-refractivity contribution in [1.82, 2.24) is 9.80 Å². The number of carbonyl (C=O) groups is 2. The van der Waals surface area contributed by atoms with Crippen molar-refractivity contribution in [2.75, 3.05) is 19.6 Å². The largest absolute Gasteiger partial charge is 0.461 e. The SMILES string of the molecule is CC(=O)OCc1ccc(CN2CCC(N3CC(c4ccccc4)OC3=O)CC2)o1. The maximum absolute atomic E-state index is 12.4. The maximum atomic E-state index is 12.4. The van der Waals surface area contributed by atoms with E-state index in [0.29, 0.717) is 18.8 Å². The van der Waals surface area contributed by atoms with Gasteiger partial charge in [-0.25, -0.2) is 4.79 Å². The Kier molecular flexibility index (Phi) is 5.85. The number of likely N-dealkylation sites (tertiary alicyclic amines) is 1. The lowest BCUT2D eigenvalue weighted by molar-refractivity contribution is -0.142. The number of rotatable bonds is 6. The molecule has 0 N–H and O–H groups in total. The molecule has 1 aromatic heterocycles. The van der Waals surface area contributed by atoms with Crippen LogP contribution in [0.15, 0.2) is 46.9 Å². The number of cyclic esters (lactones) is 1. The van der Waals surface area contributed by atoms with E-state index in [2.05, 4.69) is 4.90 Å². The third kappa shape index (κ3) is 4.79. The molecule has 1 amide bonds. The summed E-state index contributed by atoms with van der Waals surface area (Å²) in [6.07, 6.45) is 1.44. The maximum Gasteiger partial charge on any atom is 0.410 e. The van der Waals surface area contributed by atoms with E-state index >= 15 is 0 Å². The van der Waals surface area contributed by atoms with Gasteiger partial charge in [0.15, 0.2) is 0 Å². The van der Waals surface area contributed by atoms with E-state index in [1.54, 1.807) is 0 Å². The Labute approximate surface area is 170 Å². The summed E-state index contributed by atoms with van der Waals surface area (Å²) in [4.78, 5) is 27.5. The lowest BCUT2D eigenvalue weighted by Crippen LogP contribution is -2.45. The Bertz CT molecular complexity index is 842. The number of furan rings is 1. The molecule has 2 aliphatic rings. The third-order valence-corrected chi connectivity index (χ3v) is 5.52. The van der Waals surface area contributed by atoms with Gasteiger partial charge in [-0.15, -0.1) is 0 Å². The Morgan fingerprint density at radius 2 is 1.83 bits per heavy atom. The molecule has 29 heavy (non-hydrogen) atoms. The van der Waals surface area contributed by atoms with Crippen LogP contribution in [0, 0.1) is 0 Å². The minimum Gasteiger partial charge on any atom is -0.461 e. The number of piperidine rings is 1. The van der Waals surface area contributed by atoms with Crippen molar-refractivity contribution in [1.29, 1.82) is 0 Å². The molecule has 0 radical (unpaired) electrons. The van der Waals surface area contributed by atoms with Gasteiger partial charge >= 0.3 is 12.1 Å². The molecule has 7 heteroatoms. The third-order valence-electron chi connectivity index (χ3n) is 5.52. The number of ether oxygens (including phenoxy) is 2. The lowest BCUT2D eigenvalue weighted by Gasteiger charge is -2.35. The predicted octanol–water partition coefficient (Wildman–Crippen LogP) is 3.50. The summed E-state index contributed by atoms with van der Waals surface area (Å²) in [7, 11) is 0. The minimum atomic E-state index is -0.319. The summed E-state index contributed by atoms with van der Waals surface area (Å²) in [6, 6.07) is 13.9. The molecule has 2 fully saturated rings. The highest BCUT2D eigenvalue weighted by Crippen LogP contribution is 2.30. The van der Waals surface area contributed by atoms with Crippen molar-refractivity contribution in [2.45, 2.75) is 45.1 Å². The average Bonchev–Trinajstić information content (AvgIpc) is 3.34. The number of nitrogens with zero attached hydrogens (tertiary/aromatic N) is 2. The van der Waals surface area contributed by atoms with Gasteiger partial charge < -0.3 is 18.8 Å². The first-order valence-electron chi connectivity index (χ1n) is 10.0. The van der Waals surface area contributed by atoms with Gasteiger partial charge in [0.1, 0.15) is 24.2 Å². The van der Waals surface area contributed by atoms with E-state index < -0.39 is 0 Å². The number of esters is 1. The molecule has 0 bridgehead atoms. The number of amides is 1. The normalized spacial score (nSPS) is 20.7. The fourth-order valence-electron chi connectivity index (χ4n) is 3.99. The minimum absolute atomic E-state index is 0.164. The van der Waals surface area contributed by atoms with E-state index in [0.717, 1.165) is 37.3 Å². The standard InChI is InChI=1S/C22H26N2O5/c1-16(25)27-15-20-8-7-19(28-20)13-23-11-9-18(10-12-23)24-14-21(29-22(24)26)17-5-3-2-4-6-17/h2-8,18,21H,9-15H2,1H3. The van der Waals surface area contributed by atoms with Gasteiger partial charge in [0.05, 0.1) is 13.1 Å². The van der Waals surface area contributed by atoms with Gasteiger partial charge in [-0.3, -0.25) is 9.69 Å². The summed E-state index contributed by atoms with van der Waals surface area (Å²) in [6.45, 7) is 4.66. The summed E-state index contributed by atoms with van der Waals surface area (Å²) in [5.41, 5.74) is 1.04. The highest BCUT2D eigenvalue weighted by Gasteiger charge is 2.38. The fourth-order valence-corrected chi connectivity index (χ4v) is 3.99. The zero-order valence-corrected chi connectivity index (χ0v) is 16.6. The van der Waals surface area contributed by atoms with Crippen molar-refractivity contribution < 1.29 is 23.5 Å². The Morgan fingerprint density at radius 1 is 1.10 bits per heavy atom. The zero-order valence-electron chi connectivity index (χ0n) is 16.6. The first kappa shape index (κ1) is 19.5. The van der Waals surface area contributed by atoms with Crippen LogP contribution in [0.1, 0.15) is 43.0 Å². The fraction of sp³-hybridized carbons (Fsp3) is 0.455. The van der Waals surface area contributed by atoms with E-state index in [-0.39, 0.29) is 30.8 Å². The second-order valence-electron chi connectivity index (χ2n) is 7.59. The molecular formula is C22H26N2O5. The molecule has 3 heterocycles. The van der Waals surface area contributed by atoms with Crippen molar-refractivity contribution in [2.24, 2.45) is 0 Å². The Hall–Kier alpha value is -2.80. The van der Waals surface area contributed by atoms with Gasteiger partial charge in [0.25, 0.3) is 0 Å². The monoisotopic (exact) mass is 398 g/mol. The second kappa shape index (κ2) is 8.69. The lowest BCUT2D eigenvalue weighted by atomic mass is 10.0. The molecule has 7 nitrogen and oxygen atoms in total. The Morgan fingerprint density at radius 3 is 2.55 bits per heavy atom. The summed E-state index contributed by atoms with van der Waals surface area (Å²) >= 11 is 0. The van der Waals surface area contributed by atoms with Crippen LogP contribution in [0.2, 0.25) is 0 Å². The second-order valence-corrected chi connectivity index (χ2v) is 7.59. The molecule has 1 aromatic carbocycles. The first-order chi connectivity index (χ1) is 14.1. The summed E-state index contributed by atoms with van der Waals surface area (Å²) in [5.74, 6) is 1.19. The zero-order chi connectivity index (χ0) is 20.2. The predicted molar refractivity (Wildman–Crippen MR) is 105 cm³/mol. The molecule has 0 spiro atoms. The number of hydrogen-bond donors (Lipinski definition) is 0. The van der Waals surface area contributed by atoms with Crippen LogP contribution in [0.25, 0.3) is 0 Å². The molecular weight excluding hydrogens is 372 g/mol. The van der Waals surface area contributed by atoms with Gasteiger partial charge in [0, 0.05) is 26.1 Å². The van der Waals surface area contributed by atoms with Crippen molar-refractivity contribution in [3.63, 3.8) is 0 Å². The molecule has 2 aliphatic heterocycles. The Balaban J connectivity index is 1.26. The van der Waals surface area contributed by atoms with Crippen LogP contribution in [0.4, 0.5) is 4.79 Å². The van der Waals surface area contributed by atoms with Crippen LogP contribution in [0.3, 0.4) is 0 Å². The van der Waals surface area contributed by atoms with E-state index in [1.807, 2.05) is 47.4 Å². The highest BCUT2D eigenvalue weighted by molar-refractivity contribution is 5.70. The molecule has 154 valence electrons. The topological polar surface area (TPSA) is 72.2 Å². The number of hydrogen-bond acceptors (Lipinski definition) is 6. The molecule has 0 saturated carbocycles. The van der Waals surface area contributed by atoms with Gasteiger partial charge in [-0.1, -0.05) is 30.3 Å². The molecule has 2 saturated heterocycles. The van der Waals surface area contributed by atoms with Crippen molar-refractivity contribution in [3.8, 4) is 0 Å². The van der Waals surface area contributed by atoms with Crippen molar-refractivity contribution in [3.05, 3.63) is 59.5 Å². The van der Waals surface area contributed by atoms with E-state index in [9.17, 15) is 9.59 Å². The van der Waals surface area contributed by atoms with Crippen LogP contribution < -0.4 is 0 Å². The summed E-state index contributed by atoms with van der Waals surface area (Å²) in [5, 5.41) is 0. The van der Waals surface area contributed by atoms with E-state index in [4.69, 9.17) is 13.9 Å². The highest BCUT2D eigenvalue weighted by atomic mass is 16.6.